The summed E-state index contributed by atoms with van der Waals surface area (Å²) in [5.74, 6) is 0.506. The largest absolute Gasteiger partial charge is 0.492 e. The molecule has 2 rings (SSSR count). The van der Waals surface area contributed by atoms with E-state index < -0.39 is 0 Å². The van der Waals surface area contributed by atoms with E-state index in [1.54, 1.807) is 24.3 Å². The van der Waals surface area contributed by atoms with E-state index in [0.717, 1.165) is 10.2 Å². The minimum absolute atomic E-state index is 0.0340. The molecule has 138 valence electrons. The second kappa shape index (κ2) is 9.82. The highest BCUT2D eigenvalue weighted by Crippen LogP contribution is 2.17. The van der Waals surface area contributed by atoms with Crippen molar-refractivity contribution in [1.29, 1.82) is 0 Å². The summed E-state index contributed by atoms with van der Waals surface area (Å²) in [4.78, 5) is 24.0. The van der Waals surface area contributed by atoms with Gasteiger partial charge in [0.2, 0.25) is 0 Å². The zero-order valence-corrected chi connectivity index (χ0v) is 16.3. The van der Waals surface area contributed by atoms with Gasteiger partial charge in [0.25, 0.3) is 5.91 Å². The SMILES string of the molecule is CC(C)NC(=O)Nc1cccc(C(=O)NCCOc2cccc(Br)c2)c1. The number of rotatable bonds is 7. The van der Waals surface area contributed by atoms with Gasteiger partial charge in [-0.1, -0.05) is 28.1 Å². The molecule has 0 saturated heterocycles. The van der Waals surface area contributed by atoms with E-state index in [1.807, 2.05) is 38.1 Å². The fraction of sp³-hybridized carbons (Fsp3) is 0.263. The van der Waals surface area contributed by atoms with Gasteiger partial charge in [-0.25, -0.2) is 4.79 Å². The van der Waals surface area contributed by atoms with E-state index in [4.69, 9.17) is 4.74 Å². The van der Waals surface area contributed by atoms with Crippen LogP contribution in [0, 0.1) is 0 Å². The van der Waals surface area contributed by atoms with Gasteiger partial charge in [-0.3, -0.25) is 4.79 Å². The summed E-state index contributed by atoms with van der Waals surface area (Å²) in [5, 5.41) is 8.23. The lowest BCUT2D eigenvalue weighted by molar-refractivity contribution is 0.0947. The van der Waals surface area contributed by atoms with Gasteiger partial charge in [0.15, 0.2) is 0 Å². The van der Waals surface area contributed by atoms with Crippen LogP contribution in [0.4, 0.5) is 10.5 Å². The number of carbonyl (C=O) groups excluding carboxylic acids is 2. The second-order valence-corrected chi connectivity index (χ2v) is 6.81. The lowest BCUT2D eigenvalue weighted by Crippen LogP contribution is -2.34. The molecule has 3 N–H and O–H groups in total. The van der Waals surface area contributed by atoms with Crippen molar-refractivity contribution in [3.8, 4) is 5.75 Å². The van der Waals surface area contributed by atoms with Crippen LogP contribution in [0.25, 0.3) is 0 Å². The van der Waals surface area contributed by atoms with Crippen LogP contribution in [0.1, 0.15) is 24.2 Å². The third-order valence-electron chi connectivity index (χ3n) is 3.25. The molecule has 0 bridgehead atoms. The van der Waals surface area contributed by atoms with E-state index in [1.165, 1.54) is 0 Å². The van der Waals surface area contributed by atoms with Crippen molar-refractivity contribution in [2.45, 2.75) is 19.9 Å². The molecular formula is C19H22BrN3O3. The summed E-state index contributed by atoms with van der Waals surface area (Å²) >= 11 is 3.38. The molecule has 0 aliphatic heterocycles. The smallest absolute Gasteiger partial charge is 0.319 e. The summed E-state index contributed by atoms with van der Waals surface area (Å²) in [6.07, 6.45) is 0. The fourth-order valence-corrected chi connectivity index (χ4v) is 2.54. The number of ether oxygens (including phenoxy) is 1. The second-order valence-electron chi connectivity index (χ2n) is 5.90. The summed E-state index contributed by atoms with van der Waals surface area (Å²) in [6.45, 7) is 4.48. The van der Waals surface area contributed by atoms with Gasteiger partial charge < -0.3 is 20.7 Å². The average Bonchev–Trinajstić information content (AvgIpc) is 2.58. The summed E-state index contributed by atoms with van der Waals surface area (Å²) in [5.41, 5.74) is 1.02. The maximum absolute atomic E-state index is 12.2. The number of amides is 3. The standard InChI is InChI=1S/C19H22BrN3O3/c1-13(2)22-19(25)23-16-7-3-5-14(11-16)18(24)21-9-10-26-17-8-4-6-15(20)12-17/h3-8,11-13H,9-10H2,1-2H3,(H,21,24)(H2,22,23,25). The van der Waals surface area contributed by atoms with Gasteiger partial charge in [-0.05, 0) is 50.2 Å². The van der Waals surface area contributed by atoms with Crippen molar-refractivity contribution >= 4 is 33.6 Å². The topological polar surface area (TPSA) is 79.5 Å². The Hall–Kier alpha value is -2.54. The highest BCUT2D eigenvalue weighted by Gasteiger charge is 2.08. The summed E-state index contributed by atoms with van der Waals surface area (Å²) < 4.78 is 6.51. The number of carbonyl (C=O) groups is 2. The number of halogens is 1. The predicted molar refractivity (Wildman–Crippen MR) is 106 cm³/mol. The van der Waals surface area contributed by atoms with Crippen LogP contribution in [-0.2, 0) is 0 Å². The Morgan fingerprint density at radius 1 is 1.12 bits per heavy atom. The van der Waals surface area contributed by atoms with Crippen LogP contribution in [0.3, 0.4) is 0 Å². The Balaban J connectivity index is 1.81. The van der Waals surface area contributed by atoms with Gasteiger partial charge in [0, 0.05) is 21.8 Å². The first kappa shape index (κ1) is 19.8. The average molecular weight is 420 g/mol. The van der Waals surface area contributed by atoms with Crippen LogP contribution in [0.2, 0.25) is 0 Å². The molecule has 2 aromatic rings. The Labute approximate surface area is 161 Å². The number of nitrogens with one attached hydrogen (secondary N) is 3. The molecular weight excluding hydrogens is 398 g/mol. The molecule has 0 radical (unpaired) electrons. The van der Waals surface area contributed by atoms with E-state index in [9.17, 15) is 9.59 Å². The predicted octanol–water partition coefficient (Wildman–Crippen LogP) is 3.79. The number of hydrogen-bond acceptors (Lipinski definition) is 3. The molecule has 0 aliphatic rings. The molecule has 7 heteroatoms. The van der Waals surface area contributed by atoms with E-state index in [2.05, 4.69) is 31.9 Å². The van der Waals surface area contributed by atoms with Gasteiger partial charge in [0.1, 0.15) is 12.4 Å². The summed E-state index contributed by atoms with van der Waals surface area (Å²) in [7, 11) is 0. The molecule has 0 spiro atoms. The highest BCUT2D eigenvalue weighted by molar-refractivity contribution is 9.10. The number of anilines is 1. The first-order chi connectivity index (χ1) is 12.4. The molecule has 0 heterocycles. The van der Waals surface area contributed by atoms with Gasteiger partial charge in [0.05, 0.1) is 6.54 Å². The minimum atomic E-state index is -0.306. The molecule has 2 aromatic carbocycles. The first-order valence-corrected chi connectivity index (χ1v) is 9.07. The van der Waals surface area contributed by atoms with Crippen LogP contribution in [0.15, 0.2) is 53.0 Å². The zero-order valence-electron chi connectivity index (χ0n) is 14.7. The van der Waals surface area contributed by atoms with Crippen molar-refractivity contribution in [3.63, 3.8) is 0 Å². The number of hydrogen-bond donors (Lipinski definition) is 3. The van der Waals surface area contributed by atoms with Crippen LogP contribution in [0.5, 0.6) is 5.75 Å². The Bertz CT molecular complexity index is 765. The number of urea groups is 1. The molecule has 0 unspecified atom stereocenters. The monoisotopic (exact) mass is 419 g/mol. The Morgan fingerprint density at radius 3 is 2.62 bits per heavy atom. The molecule has 26 heavy (non-hydrogen) atoms. The maximum atomic E-state index is 12.2. The molecule has 3 amide bonds. The van der Waals surface area contributed by atoms with Gasteiger partial charge >= 0.3 is 6.03 Å². The van der Waals surface area contributed by atoms with E-state index in [0.29, 0.717) is 24.4 Å². The van der Waals surface area contributed by atoms with Gasteiger partial charge in [-0.15, -0.1) is 0 Å². The van der Waals surface area contributed by atoms with Crippen LogP contribution >= 0.6 is 15.9 Å². The van der Waals surface area contributed by atoms with E-state index >= 15 is 0 Å². The first-order valence-electron chi connectivity index (χ1n) is 8.28. The molecule has 0 aromatic heterocycles. The van der Waals surface area contributed by atoms with Crippen molar-refractivity contribution < 1.29 is 14.3 Å². The lowest BCUT2D eigenvalue weighted by Gasteiger charge is -2.11. The molecule has 6 nitrogen and oxygen atoms in total. The summed E-state index contributed by atoms with van der Waals surface area (Å²) in [6, 6.07) is 14.0. The Morgan fingerprint density at radius 2 is 1.88 bits per heavy atom. The van der Waals surface area contributed by atoms with Crippen LogP contribution in [-0.4, -0.2) is 31.1 Å². The van der Waals surface area contributed by atoms with Crippen molar-refractivity contribution in [2.24, 2.45) is 0 Å². The van der Waals surface area contributed by atoms with Crippen molar-refractivity contribution in [3.05, 3.63) is 58.6 Å². The zero-order chi connectivity index (χ0) is 18.9. The Kier molecular flexibility index (Phi) is 7.47. The maximum Gasteiger partial charge on any atom is 0.319 e. The third kappa shape index (κ3) is 6.76. The van der Waals surface area contributed by atoms with Crippen molar-refractivity contribution in [1.82, 2.24) is 10.6 Å². The molecule has 0 atom stereocenters. The quantitative estimate of drug-likeness (QED) is 0.597. The normalized spacial score (nSPS) is 10.3. The van der Waals surface area contributed by atoms with Crippen LogP contribution < -0.4 is 20.7 Å². The molecule has 0 saturated carbocycles. The molecule has 0 aliphatic carbocycles. The highest BCUT2D eigenvalue weighted by atomic mass is 79.9. The molecule has 0 fully saturated rings. The van der Waals surface area contributed by atoms with E-state index in [-0.39, 0.29) is 18.0 Å². The number of benzene rings is 2. The van der Waals surface area contributed by atoms with Crippen molar-refractivity contribution in [2.75, 3.05) is 18.5 Å². The third-order valence-corrected chi connectivity index (χ3v) is 3.75. The fourth-order valence-electron chi connectivity index (χ4n) is 2.16. The minimum Gasteiger partial charge on any atom is -0.492 e. The lowest BCUT2D eigenvalue weighted by atomic mass is 10.2. The van der Waals surface area contributed by atoms with Gasteiger partial charge in [-0.2, -0.15) is 0 Å².